The Hall–Kier alpha value is -0.0900. The highest BCUT2D eigenvalue weighted by Gasteiger charge is 2.07. The average Bonchev–Trinajstić information content (AvgIpc) is 1.67. The second kappa shape index (κ2) is 3.86. The van der Waals surface area contributed by atoms with Gasteiger partial charge in [0.25, 0.3) is 0 Å². The molecule has 0 heterocycles. The van der Waals surface area contributed by atoms with Crippen LogP contribution in [0.5, 0.6) is 0 Å². The van der Waals surface area contributed by atoms with Crippen molar-refractivity contribution in [2.24, 2.45) is 5.73 Å². The first kappa shape index (κ1) is 7.91. The summed E-state index contributed by atoms with van der Waals surface area (Å²) in [5.74, 6) is -0.326. The highest BCUT2D eigenvalue weighted by molar-refractivity contribution is 9.10. The summed E-state index contributed by atoms with van der Waals surface area (Å²) in [5.41, 5.74) is 4.90. The molecular weight excluding hydrogens is 174 g/mol. The number of nitrogens with two attached hydrogens (primary N) is 1. The lowest BCUT2D eigenvalue weighted by Crippen LogP contribution is -2.18. The summed E-state index contributed by atoms with van der Waals surface area (Å²) in [6.07, 6.45) is 0. The van der Waals surface area contributed by atoms with Gasteiger partial charge in [0.2, 0.25) is 0 Å². The molecule has 1 atom stereocenters. The van der Waals surface area contributed by atoms with Crippen LogP contribution < -0.4 is 5.73 Å². The Morgan fingerprint density at radius 1 is 2.00 bits per heavy atom. The monoisotopic (exact) mass is 181 g/mol. The van der Waals surface area contributed by atoms with E-state index >= 15 is 0 Å². The maximum absolute atomic E-state index is 10.4. The summed E-state index contributed by atoms with van der Waals surface area (Å²) in [6, 6.07) is 0. The molecule has 0 aliphatic heterocycles. The van der Waals surface area contributed by atoms with E-state index in [0.717, 1.165) is 0 Å². The molecule has 0 rings (SSSR count). The van der Waals surface area contributed by atoms with Gasteiger partial charge in [0.05, 0.1) is 0 Å². The summed E-state index contributed by atoms with van der Waals surface area (Å²) < 4.78 is 4.40. The van der Waals surface area contributed by atoms with E-state index in [4.69, 9.17) is 5.73 Å². The molecule has 0 fully saturated rings. The third kappa shape index (κ3) is 2.98. The molecule has 3 nitrogen and oxygen atoms in total. The number of hydrogen-bond acceptors (Lipinski definition) is 3. The lowest BCUT2D eigenvalue weighted by molar-refractivity contribution is -0.142. The minimum atomic E-state index is -0.326. The van der Waals surface area contributed by atoms with E-state index in [2.05, 4.69) is 20.7 Å². The summed E-state index contributed by atoms with van der Waals surface area (Å²) in [7, 11) is 0. The van der Waals surface area contributed by atoms with Crippen LogP contribution in [-0.4, -0.2) is 17.5 Å². The van der Waals surface area contributed by atoms with E-state index in [1.807, 2.05) is 0 Å². The number of carbonyl (C=O) groups excluding carboxylic acids is 1. The van der Waals surface area contributed by atoms with Gasteiger partial charge in [-0.2, -0.15) is 0 Å². The second-order valence-electron chi connectivity index (χ2n) is 1.25. The van der Waals surface area contributed by atoms with E-state index in [0.29, 0.717) is 0 Å². The predicted molar refractivity (Wildman–Crippen MR) is 33.5 cm³/mol. The fraction of sp³-hybridized carbons (Fsp3) is 0.750. The summed E-state index contributed by atoms with van der Waals surface area (Å²) in [6.45, 7) is 1.63. The first-order chi connectivity index (χ1) is 3.68. The molecular formula is C4H8BrNO2. The summed E-state index contributed by atoms with van der Waals surface area (Å²) in [4.78, 5) is 10.1. The van der Waals surface area contributed by atoms with Gasteiger partial charge < -0.3 is 4.74 Å². The lowest BCUT2D eigenvalue weighted by atomic mass is 10.5. The Kier molecular flexibility index (Phi) is 3.81. The van der Waals surface area contributed by atoms with Crippen LogP contribution in [0.15, 0.2) is 0 Å². The largest absolute Gasteiger partial charge is 0.449 e. The van der Waals surface area contributed by atoms with Crippen LogP contribution in [0.4, 0.5) is 0 Å². The van der Waals surface area contributed by atoms with Gasteiger partial charge in [-0.25, -0.2) is 0 Å². The lowest BCUT2D eigenvalue weighted by Gasteiger charge is -2.00. The molecule has 0 aromatic heterocycles. The van der Waals surface area contributed by atoms with Crippen LogP contribution >= 0.6 is 15.9 Å². The van der Waals surface area contributed by atoms with Crippen LogP contribution in [0, 0.1) is 0 Å². The number of alkyl halides is 1. The molecule has 8 heavy (non-hydrogen) atoms. The van der Waals surface area contributed by atoms with Crippen molar-refractivity contribution in [2.75, 3.05) is 6.73 Å². The Bertz CT molecular complexity index is 84.1. The van der Waals surface area contributed by atoms with Gasteiger partial charge in [-0.05, 0) is 6.92 Å². The molecule has 0 saturated carbocycles. The smallest absolute Gasteiger partial charge is 0.320 e. The molecule has 0 radical (unpaired) electrons. The zero-order valence-corrected chi connectivity index (χ0v) is 6.14. The number of rotatable bonds is 2. The minimum Gasteiger partial charge on any atom is -0.449 e. The van der Waals surface area contributed by atoms with Crippen molar-refractivity contribution in [1.82, 2.24) is 0 Å². The highest BCUT2D eigenvalue weighted by Crippen LogP contribution is 1.98. The fourth-order valence-electron chi connectivity index (χ4n) is 0.197. The molecule has 0 amide bonds. The zero-order valence-electron chi connectivity index (χ0n) is 4.56. The average molecular weight is 182 g/mol. The van der Waals surface area contributed by atoms with Crippen molar-refractivity contribution >= 4 is 21.9 Å². The van der Waals surface area contributed by atoms with E-state index < -0.39 is 0 Å². The van der Waals surface area contributed by atoms with Crippen LogP contribution in [0.1, 0.15) is 6.92 Å². The molecule has 2 N–H and O–H groups in total. The second-order valence-corrected chi connectivity index (χ2v) is 2.62. The van der Waals surface area contributed by atoms with Crippen molar-refractivity contribution in [1.29, 1.82) is 0 Å². The van der Waals surface area contributed by atoms with Gasteiger partial charge in [-0.15, -0.1) is 0 Å². The molecule has 0 bridgehead atoms. The molecule has 48 valence electrons. The Balaban J connectivity index is 3.33. The van der Waals surface area contributed by atoms with Crippen LogP contribution in [0.25, 0.3) is 0 Å². The summed E-state index contributed by atoms with van der Waals surface area (Å²) >= 11 is 3.01. The van der Waals surface area contributed by atoms with Crippen molar-refractivity contribution in [3.8, 4) is 0 Å². The Labute approximate surface area is 56.3 Å². The molecule has 0 aliphatic rings. The van der Waals surface area contributed by atoms with Gasteiger partial charge in [-0.1, -0.05) is 15.9 Å². The Morgan fingerprint density at radius 2 is 2.50 bits per heavy atom. The molecule has 4 heteroatoms. The number of hydrogen-bond donors (Lipinski definition) is 1. The summed E-state index contributed by atoms with van der Waals surface area (Å²) in [5, 5.41) is 0. The van der Waals surface area contributed by atoms with Crippen LogP contribution in [-0.2, 0) is 9.53 Å². The van der Waals surface area contributed by atoms with Crippen molar-refractivity contribution in [3.05, 3.63) is 0 Å². The highest BCUT2D eigenvalue weighted by atomic mass is 79.9. The molecule has 0 saturated heterocycles. The van der Waals surface area contributed by atoms with Gasteiger partial charge in [0.1, 0.15) is 11.6 Å². The zero-order chi connectivity index (χ0) is 6.57. The quantitative estimate of drug-likeness (QED) is 0.377. The van der Waals surface area contributed by atoms with E-state index in [1.54, 1.807) is 6.92 Å². The number of ether oxygens (including phenoxy) is 1. The number of carbonyl (C=O) groups is 1. The number of esters is 1. The maximum atomic E-state index is 10.4. The molecule has 0 spiro atoms. The SMILES string of the molecule is CC(Br)C(=O)OCN. The fourth-order valence-corrected chi connectivity index (χ4v) is 0.329. The first-order valence-corrected chi connectivity index (χ1v) is 3.11. The third-order valence-electron chi connectivity index (χ3n) is 0.550. The van der Waals surface area contributed by atoms with Crippen molar-refractivity contribution < 1.29 is 9.53 Å². The molecule has 0 aliphatic carbocycles. The predicted octanol–water partition coefficient (Wildman–Crippen LogP) is 0.229. The third-order valence-corrected chi connectivity index (χ3v) is 0.924. The maximum Gasteiger partial charge on any atom is 0.320 e. The van der Waals surface area contributed by atoms with Gasteiger partial charge in [-0.3, -0.25) is 10.5 Å². The van der Waals surface area contributed by atoms with Crippen molar-refractivity contribution in [3.63, 3.8) is 0 Å². The molecule has 1 unspecified atom stereocenters. The minimum absolute atomic E-state index is 0.0469. The first-order valence-electron chi connectivity index (χ1n) is 2.19. The van der Waals surface area contributed by atoms with Crippen LogP contribution in [0.3, 0.4) is 0 Å². The number of halogens is 1. The topological polar surface area (TPSA) is 52.3 Å². The van der Waals surface area contributed by atoms with Crippen LogP contribution in [0.2, 0.25) is 0 Å². The standard InChI is InChI=1S/C4H8BrNO2/c1-3(5)4(7)8-2-6/h3H,2,6H2,1H3. The van der Waals surface area contributed by atoms with Gasteiger partial charge in [0, 0.05) is 0 Å². The van der Waals surface area contributed by atoms with E-state index in [-0.39, 0.29) is 17.5 Å². The van der Waals surface area contributed by atoms with E-state index in [1.165, 1.54) is 0 Å². The van der Waals surface area contributed by atoms with Gasteiger partial charge >= 0.3 is 5.97 Å². The normalized spacial score (nSPS) is 12.9. The molecule has 0 aromatic rings. The van der Waals surface area contributed by atoms with Gasteiger partial charge in [0.15, 0.2) is 0 Å². The Morgan fingerprint density at radius 3 is 2.62 bits per heavy atom. The van der Waals surface area contributed by atoms with Crippen molar-refractivity contribution in [2.45, 2.75) is 11.8 Å². The molecule has 0 aromatic carbocycles. The van der Waals surface area contributed by atoms with E-state index in [9.17, 15) is 4.79 Å².